The molecule has 272 valence electrons. The second kappa shape index (κ2) is 12.6. The molecule has 1 heterocycles. The van der Waals surface area contributed by atoms with Gasteiger partial charge in [-0.25, -0.2) is 0 Å². The Hall–Kier alpha value is -5.86. The van der Waals surface area contributed by atoms with Gasteiger partial charge in [0.05, 0.1) is 0 Å². The van der Waals surface area contributed by atoms with Crippen LogP contribution in [0.2, 0.25) is 0 Å². The summed E-state index contributed by atoms with van der Waals surface area (Å²) in [7, 11) is 0. The highest BCUT2D eigenvalue weighted by Gasteiger charge is 2.39. The Morgan fingerprint density at radius 3 is 1.49 bits per heavy atom. The summed E-state index contributed by atoms with van der Waals surface area (Å²) in [5.74, 6) is 0. The van der Waals surface area contributed by atoms with Crippen molar-refractivity contribution < 1.29 is 4.42 Å². The molecule has 8 aromatic rings. The van der Waals surface area contributed by atoms with Gasteiger partial charge in [-0.15, -0.1) is 0 Å². The Morgan fingerprint density at radius 1 is 0.455 bits per heavy atom. The van der Waals surface area contributed by atoms with Crippen LogP contribution in [0.3, 0.4) is 0 Å². The van der Waals surface area contributed by atoms with Gasteiger partial charge >= 0.3 is 0 Å². The summed E-state index contributed by atoms with van der Waals surface area (Å²) in [6, 6.07) is 55.6. The van der Waals surface area contributed by atoms with E-state index >= 15 is 0 Å². The maximum absolute atomic E-state index is 7.14. The second-order valence-corrected chi connectivity index (χ2v) is 17.9. The Balaban J connectivity index is 1.24. The Labute approximate surface area is 326 Å². The maximum Gasteiger partial charge on any atom is 0.143 e. The largest absolute Gasteiger partial charge is 0.455 e. The van der Waals surface area contributed by atoms with Crippen molar-refractivity contribution >= 4 is 39.0 Å². The first-order valence-corrected chi connectivity index (χ1v) is 19.6. The lowest BCUT2D eigenvalue weighted by molar-refractivity contribution is 0.559. The van der Waals surface area contributed by atoms with Crippen LogP contribution in [0, 0.1) is 0 Å². The number of hydrogen-bond acceptors (Lipinski definition) is 2. The van der Waals surface area contributed by atoms with Gasteiger partial charge in [-0.2, -0.15) is 0 Å². The van der Waals surface area contributed by atoms with Crippen LogP contribution in [-0.2, 0) is 16.2 Å². The molecule has 0 N–H and O–H groups in total. The monoisotopic (exact) mass is 715 g/mol. The number of hydrogen-bond donors (Lipinski definition) is 0. The summed E-state index contributed by atoms with van der Waals surface area (Å²) >= 11 is 0. The van der Waals surface area contributed by atoms with Gasteiger partial charge in [0, 0.05) is 44.4 Å². The number of rotatable bonds is 5. The molecule has 0 fully saturated rings. The molecule has 55 heavy (non-hydrogen) atoms. The van der Waals surface area contributed by atoms with E-state index in [2.05, 4.69) is 212 Å². The highest BCUT2D eigenvalue weighted by molar-refractivity contribution is 6.13. The Bertz CT molecular complexity index is 2620. The molecular formula is C53H49NO. The minimum absolute atomic E-state index is 0.0139. The fraction of sp³-hybridized carbons (Fsp3) is 0.208. The molecule has 0 saturated heterocycles. The number of anilines is 3. The fourth-order valence-corrected chi connectivity index (χ4v) is 8.60. The molecule has 1 aromatic heterocycles. The van der Waals surface area contributed by atoms with Crippen molar-refractivity contribution in [2.24, 2.45) is 0 Å². The lowest BCUT2D eigenvalue weighted by atomic mass is 9.79. The Kier molecular flexibility index (Phi) is 7.99. The van der Waals surface area contributed by atoms with E-state index in [1.54, 1.807) is 0 Å². The van der Waals surface area contributed by atoms with Crippen molar-refractivity contribution in [1.82, 2.24) is 0 Å². The van der Waals surface area contributed by atoms with E-state index in [-0.39, 0.29) is 16.2 Å². The first-order chi connectivity index (χ1) is 26.3. The third kappa shape index (κ3) is 5.87. The number of nitrogens with zero attached hydrogens (tertiary/aromatic N) is 1. The van der Waals surface area contributed by atoms with Crippen molar-refractivity contribution in [3.05, 3.63) is 174 Å². The first-order valence-electron chi connectivity index (χ1n) is 19.6. The van der Waals surface area contributed by atoms with Crippen molar-refractivity contribution in [1.29, 1.82) is 0 Å². The minimum Gasteiger partial charge on any atom is -0.455 e. The van der Waals surface area contributed by atoms with E-state index in [9.17, 15) is 0 Å². The van der Waals surface area contributed by atoms with Crippen LogP contribution in [0.25, 0.3) is 55.3 Å². The maximum atomic E-state index is 7.14. The molecule has 7 aromatic carbocycles. The summed E-state index contributed by atoms with van der Waals surface area (Å²) in [6.07, 6.45) is 0. The molecule has 0 radical (unpaired) electrons. The molecule has 0 bridgehead atoms. The summed E-state index contributed by atoms with van der Waals surface area (Å²) in [4.78, 5) is 2.39. The van der Waals surface area contributed by atoms with E-state index in [0.29, 0.717) is 0 Å². The standard InChI is InChI=1S/C53H49NO/c1-51(2,3)38-31-43-42-28-30-46-48(50(42)55-49(43)47(32-38)52(4,5)6)44-33-41(27-29-45(44)53(46,7)8)54(39-23-19-36(20-24-39)34-15-11-9-12-16-34)40-25-21-37(22-26-40)35-17-13-10-14-18-35/h9-33H,1-8H3. The van der Waals surface area contributed by atoms with E-state index < -0.39 is 0 Å². The summed E-state index contributed by atoms with van der Waals surface area (Å²) in [5.41, 5.74) is 17.6. The molecule has 2 heteroatoms. The Morgan fingerprint density at radius 2 is 0.964 bits per heavy atom. The van der Waals surface area contributed by atoms with Gasteiger partial charge in [0.15, 0.2) is 0 Å². The normalized spacial score (nSPS) is 13.6. The van der Waals surface area contributed by atoms with Gasteiger partial charge < -0.3 is 9.32 Å². The molecule has 9 rings (SSSR count). The van der Waals surface area contributed by atoms with Gasteiger partial charge in [-0.05, 0) is 97.8 Å². The number of fused-ring (bicyclic) bond motifs is 7. The predicted molar refractivity (Wildman–Crippen MR) is 234 cm³/mol. The lowest BCUT2D eigenvalue weighted by Crippen LogP contribution is -2.16. The molecule has 1 aliphatic rings. The van der Waals surface area contributed by atoms with Crippen molar-refractivity contribution in [3.63, 3.8) is 0 Å². The molecule has 0 saturated carbocycles. The van der Waals surface area contributed by atoms with Gasteiger partial charge in [-0.1, -0.05) is 165 Å². The van der Waals surface area contributed by atoms with Crippen LogP contribution in [-0.4, -0.2) is 0 Å². The van der Waals surface area contributed by atoms with E-state index in [1.165, 1.54) is 66.4 Å². The molecule has 0 spiro atoms. The molecule has 1 aliphatic carbocycles. The first kappa shape index (κ1) is 34.9. The third-order valence-electron chi connectivity index (χ3n) is 11.8. The second-order valence-electron chi connectivity index (χ2n) is 17.9. The van der Waals surface area contributed by atoms with Gasteiger partial charge in [0.25, 0.3) is 0 Å². The zero-order chi connectivity index (χ0) is 38.3. The quantitative estimate of drug-likeness (QED) is 0.176. The molecule has 0 aliphatic heterocycles. The highest BCUT2D eigenvalue weighted by atomic mass is 16.3. The van der Waals surface area contributed by atoms with Gasteiger partial charge in [0.1, 0.15) is 11.2 Å². The number of furan rings is 1. The predicted octanol–water partition coefficient (Wildman–Crippen LogP) is 15.3. The fourth-order valence-electron chi connectivity index (χ4n) is 8.60. The summed E-state index contributed by atoms with van der Waals surface area (Å²) in [5, 5.41) is 2.39. The molecule has 2 nitrogen and oxygen atoms in total. The van der Waals surface area contributed by atoms with Crippen LogP contribution in [0.15, 0.2) is 156 Å². The van der Waals surface area contributed by atoms with Gasteiger partial charge in [-0.3, -0.25) is 0 Å². The smallest absolute Gasteiger partial charge is 0.143 e. The van der Waals surface area contributed by atoms with Crippen LogP contribution in [0.4, 0.5) is 17.1 Å². The van der Waals surface area contributed by atoms with Crippen LogP contribution < -0.4 is 4.90 Å². The average molecular weight is 716 g/mol. The van der Waals surface area contributed by atoms with Crippen molar-refractivity contribution in [2.75, 3.05) is 4.90 Å². The van der Waals surface area contributed by atoms with E-state index in [1.807, 2.05) is 0 Å². The molecule has 0 amide bonds. The van der Waals surface area contributed by atoms with Crippen LogP contribution >= 0.6 is 0 Å². The SMILES string of the molecule is CC(C)(C)c1cc(C(C)(C)C)c2oc3c4c(ccc3c2c1)C(C)(C)c1ccc(N(c2ccc(-c3ccccc3)cc2)c2ccc(-c3ccccc3)cc2)cc1-4. The van der Waals surface area contributed by atoms with Gasteiger partial charge in [0.2, 0.25) is 0 Å². The zero-order valence-electron chi connectivity index (χ0n) is 33.3. The molecule has 0 unspecified atom stereocenters. The van der Waals surface area contributed by atoms with Crippen LogP contribution in [0.1, 0.15) is 77.6 Å². The topological polar surface area (TPSA) is 16.4 Å². The summed E-state index contributed by atoms with van der Waals surface area (Å²) < 4.78 is 7.14. The van der Waals surface area contributed by atoms with Crippen molar-refractivity contribution in [3.8, 4) is 33.4 Å². The average Bonchev–Trinajstić information content (AvgIpc) is 3.67. The van der Waals surface area contributed by atoms with Crippen LogP contribution in [0.5, 0.6) is 0 Å². The zero-order valence-corrected chi connectivity index (χ0v) is 33.3. The van der Waals surface area contributed by atoms with E-state index in [4.69, 9.17) is 4.42 Å². The lowest BCUT2D eigenvalue weighted by Gasteiger charge is -2.27. The number of benzene rings is 7. The highest BCUT2D eigenvalue weighted by Crippen LogP contribution is 2.55. The third-order valence-corrected chi connectivity index (χ3v) is 11.8. The summed E-state index contributed by atoms with van der Waals surface area (Å²) in [6.45, 7) is 18.5. The molecule has 0 atom stereocenters. The minimum atomic E-state index is -0.181. The molecular weight excluding hydrogens is 667 g/mol. The van der Waals surface area contributed by atoms with Crippen molar-refractivity contribution in [2.45, 2.75) is 71.6 Å². The van der Waals surface area contributed by atoms with E-state index in [0.717, 1.165) is 28.2 Å².